The van der Waals surface area contributed by atoms with E-state index in [0.717, 1.165) is 6.42 Å². The zero-order valence-electron chi connectivity index (χ0n) is 95.5. The molecule has 0 saturated carbocycles. The van der Waals surface area contributed by atoms with Crippen molar-refractivity contribution >= 4 is 5.97 Å². The predicted octanol–water partition coefficient (Wildman–Crippen LogP) is 50.0. The third-order valence-corrected chi connectivity index (χ3v) is 18.6. The lowest BCUT2D eigenvalue weighted by atomic mass is 10.2. The minimum absolute atomic E-state index is 0.292. The summed E-state index contributed by atoms with van der Waals surface area (Å²) < 4.78 is 0. The number of hydrogen-bond donors (Lipinski definition) is 1. The van der Waals surface area contributed by atoms with Gasteiger partial charge in [0.25, 0.3) is 0 Å². The molecule has 0 aromatic heterocycles. The zero-order valence-corrected chi connectivity index (χ0v) is 95.5. The molecule has 2 heteroatoms. The second-order valence-corrected chi connectivity index (χ2v) is 33.6. The van der Waals surface area contributed by atoms with Crippen LogP contribution in [0.3, 0.4) is 0 Å². The minimum Gasteiger partial charge on any atom is -0.481 e. The molecule has 0 radical (unpaired) electrons. The Hall–Kier alpha value is -0.530. The van der Waals surface area contributed by atoms with Gasteiger partial charge >= 0.3 is 5.97 Å². The van der Waals surface area contributed by atoms with E-state index in [4.69, 9.17) is 5.11 Å². The molecule has 0 atom stereocenters. The first-order valence-corrected chi connectivity index (χ1v) is 57.4. The van der Waals surface area contributed by atoms with Crippen LogP contribution in [0.15, 0.2) is 0 Å². The third kappa shape index (κ3) is 451. The Labute approximate surface area is 782 Å². The summed E-state index contributed by atoms with van der Waals surface area (Å²) in [7, 11) is 0. The fraction of sp³-hybridized carbons (Fsp3) is 0.992. The monoisotopic (exact) mass is 1720 g/mol. The maximum Gasteiger partial charge on any atom is 0.303 e. The normalized spacial score (nSPS) is 8.96. The van der Waals surface area contributed by atoms with Crippen LogP contribution in [0.25, 0.3) is 0 Å². The first-order chi connectivity index (χ1) is 58.1. The van der Waals surface area contributed by atoms with Gasteiger partial charge in [0.15, 0.2) is 0 Å². The van der Waals surface area contributed by atoms with Crippen molar-refractivity contribution < 1.29 is 9.90 Å². The highest BCUT2D eigenvalue weighted by molar-refractivity contribution is 5.66. The molecule has 1 N–H and O–H groups in total. The van der Waals surface area contributed by atoms with Gasteiger partial charge in [-0.3, -0.25) is 4.79 Å². The molecule has 0 amide bonds. The van der Waals surface area contributed by atoms with Gasteiger partial charge < -0.3 is 5.11 Å². The Morgan fingerprint density at radius 2 is 0.142 bits per heavy atom. The van der Waals surface area contributed by atoms with Crippen LogP contribution in [-0.2, 0) is 4.79 Å². The molecule has 758 valence electrons. The van der Waals surface area contributed by atoms with E-state index in [2.05, 4.69) is 263 Å². The van der Waals surface area contributed by atoms with Crippen molar-refractivity contribution in [3.63, 3.8) is 0 Å². The van der Waals surface area contributed by atoms with E-state index in [1.807, 2.05) is 6.92 Å². The predicted molar refractivity (Wildman–Crippen MR) is 589 cm³/mol. The summed E-state index contributed by atoms with van der Waals surface area (Å²) in [6.07, 6.45) is 106. The van der Waals surface area contributed by atoms with Crippen molar-refractivity contribution in [3.8, 4) is 0 Å². The van der Waals surface area contributed by atoms with Crippen LogP contribution in [-0.4, -0.2) is 11.1 Å². The van der Waals surface area contributed by atoms with Crippen molar-refractivity contribution in [3.05, 3.63) is 0 Å². The molecule has 0 aromatic rings. The number of carboxylic acids is 1. The van der Waals surface area contributed by atoms with Gasteiger partial charge in [-0.15, -0.1) is 0 Å². The maximum absolute atomic E-state index is 9.60. The van der Waals surface area contributed by atoms with Crippen LogP contribution in [0.1, 0.15) is 771 Å². The second-order valence-electron chi connectivity index (χ2n) is 33.6. The maximum atomic E-state index is 9.60. The third-order valence-electron chi connectivity index (χ3n) is 18.6. The number of carboxylic acid groups (broad SMARTS) is 1. The topological polar surface area (TPSA) is 37.3 Å². The largest absolute Gasteiger partial charge is 0.481 e. The molecule has 2 nitrogen and oxygen atoms in total. The van der Waals surface area contributed by atoms with Crippen LogP contribution in [0.4, 0.5) is 0 Å². The van der Waals surface area contributed by atoms with E-state index in [9.17, 15) is 4.79 Å². The molecule has 0 rings (SSSR count). The van der Waals surface area contributed by atoms with Gasteiger partial charge in [-0.25, -0.2) is 0 Å². The molecule has 120 heavy (non-hydrogen) atoms. The average Bonchev–Trinajstić information content (AvgIpc) is 1.79. The molecule has 0 unspecified atom stereocenters. The first-order valence-electron chi connectivity index (χ1n) is 57.4. The van der Waals surface area contributed by atoms with Crippen molar-refractivity contribution in [1.29, 1.82) is 0 Å². The number of hydrogen-bond acceptors (Lipinski definition) is 1. The van der Waals surface area contributed by atoms with E-state index in [0.29, 0.717) is 6.42 Å². The number of rotatable bonds is 59. The summed E-state index contributed by atoms with van der Waals surface area (Å²) in [5.74, 6) is -0.711. The molecule has 0 saturated heterocycles. The summed E-state index contributed by atoms with van der Waals surface area (Å²) in [5.41, 5.74) is 0. The highest BCUT2D eigenvalue weighted by atomic mass is 16.4. The summed E-state index contributed by atoms with van der Waals surface area (Å²) in [4.78, 5) is 9.60. The lowest BCUT2D eigenvalue weighted by Crippen LogP contribution is -1.90. The summed E-state index contributed by atoms with van der Waals surface area (Å²) in [5, 5.41) is 7.91. The van der Waals surface area contributed by atoms with Gasteiger partial charge in [0.2, 0.25) is 0 Å². The molecule has 0 aliphatic carbocycles. The number of aliphatic carboxylic acids is 1. The van der Waals surface area contributed by atoms with Gasteiger partial charge in [-0.2, -0.15) is 0 Å². The molecule has 0 fully saturated rings. The average molecular weight is 1730 g/mol. The highest BCUT2D eigenvalue weighted by Gasteiger charge is 1.88. The smallest absolute Gasteiger partial charge is 0.303 e. The minimum atomic E-state index is -0.711. The van der Waals surface area contributed by atoms with Crippen LogP contribution in [0, 0.1) is 0 Å². The van der Waals surface area contributed by atoms with Gasteiger partial charge in [-0.05, 0) is 6.42 Å². The van der Waals surface area contributed by atoms with Crippen molar-refractivity contribution in [2.24, 2.45) is 0 Å². The highest BCUT2D eigenvalue weighted by Crippen LogP contribution is 2.05. The van der Waals surface area contributed by atoms with Crippen LogP contribution in [0.2, 0.25) is 0 Å². The van der Waals surface area contributed by atoms with Gasteiger partial charge in [0.1, 0.15) is 0 Å². The quantitative estimate of drug-likeness (QED) is 0.0616. The molecule has 0 aliphatic rings. The van der Waals surface area contributed by atoms with Gasteiger partial charge in [0.05, 0.1) is 0 Å². The van der Waals surface area contributed by atoms with E-state index < -0.39 is 5.97 Å². The van der Waals surface area contributed by atoms with Crippen molar-refractivity contribution in [2.75, 3.05) is 0 Å². The lowest BCUT2D eigenvalue weighted by Gasteiger charge is -1.86. The summed E-state index contributed by atoms with van der Waals surface area (Å²) in [6.45, 7) is 86.6. The molecule has 0 aliphatic heterocycles. The van der Waals surface area contributed by atoms with Crippen molar-refractivity contribution in [1.82, 2.24) is 0 Å². The fourth-order valence-electron chi connectivity index (χ4n) is 9.71. The van der Waals surface area contributed by atoms with E-state index in [1.54, 1.807) is 0 Å². The summed E-state index contributed by atoms with van der Waals surface area (Å²) in [6, 6.07) is 0. The lowest BCUT2D eigenvalue weighted by molar-refractivity contribution is -0.137. The Bertz CT molecular complexity index is 686. The Balaban J connectivity index is -0.0000000487. The number of unbranched alkanes of at least 4 members (excludes halogenated alkanes) is 57. The van der Waals surface area contributed by atoms with E-state index in [1.165, 1.54) is 488 Å². The van der Waals surface area contributed by atoms with E-state index >= 15 is 0 Å². The molecule has 0 spiro atoms. The van der Waals surface area contributed by atoms with E-state index in [-0.39, 0.29) is 0 Å². The number of carbonyl (C=O) groups is 1. The summed E-state index contributed by atoms with van der Waals surface area (Å²) >= 11 is 0. The van der Waals surface area contributed by atoms with Gasteiger partial charge in [0, 0.05) is 6.42 Å². The Kier molecular flexibility index (Phi) is 357. The fourth-order valence-corrected chi connectivity index (χ4v) is 9.71. The van der Waals surface area contributed by atoms with Crippen molar-refractivity contribution in [2.45, 2.75) is 771 Å². The zero-order chi connectivity index (χ0) is 96.7. The SMILES string of the molecule is CCCC(=O)O.CCCCCC.CCCCCC.CCCCCC.CCCCCC.CCCCCC.CCCCCC.CCCCCC.CCCCCC.CCCCCC.CCCCCC.CCCCCC.CCCCCC.CCCCCC.CCCCCC.CCCCCC.CCCCCC.CCCCCC.CCCCCC.CCCCCC. The second kappa shape index (κ2) is 252. The molecular weight excluding hydrogens is 1450 g/mol. The standard InChI is InChI=1S/19C6H14.C4H8O2/c19*1-3-5-6-4-2;1-2-3-4(5)6/h19*3-6H2,1-2H3;2-3H2,1H3,(H,5,6). The molecule has 0 aromatic carbocycles. The Morgan fingerprint density at radius 3 is 0.150 bits per heavy atom. The van der Waals surface area contributed by atoms with Crippen LogP contribution < -0.4 is 0 Å². The Morgan fingerprint density at radius 1 is 0.100 bits per heavy atom. The van der Waals surface area contributed by atoms with Crippen LogP contribution >= 0.6 is 0 Å². The first kappa shape index (κ1) is 169. The van der Waals surface area contributed by atoms with Crippen LogP contribution in [0.5, 0.6) is 0 Å². The molecular formula is C118H274O2. The molecule has 0 bridgehead atoms. The molecule has 0 heterocycles. The van der Waals surface area contributed by atoms with Gasteiger partial charge in [-0.1, -0.05) is 758 Å².